The van der Waals surface area contributed by atoms with Crippen molar-refractivity contribution in [2.45, 2.75) is 45.2 Å². The maximum atomic E-state index is 13.2. The van der Waals surface area contributed by atoms with Crippen LogP contribution < -0.4 is 10.6 Å². The Balaban J connectivity index is 1.97. The summed E-state index contributed by atoms with van der Waals surface area (Å²) in [7, 11) is 4.07. The molecule has 1 unspecified atom stereocenters. The van der Waals surface area contributed by atoms with Crippen LogP contribution in [-0.2, 0) is 0 Å². The second-order valence-corrected chi connectivity index (χ2v) is 7.51. The smallest absolute Gasteiger partial charge is 0.191 e. The van der Waals surface area contributed by atoms with Gasteiger partial charge in [-0.05, 0) is 64.5 Å². The predicted octanol–water partition coefficient (Wildman–Crippen LogP) is 2.86. The zero-order valence-corrected chi connectivity index (χ0v) is 17.3. The van der Waals surface area contributed by atoms with Crippen molar-refractivity contribution in [1.82, 2.24) is 20.4 Å². The van der Waals surface area contributed by atoms with Gasteiger partial charge in [0.15, 0.2) is 5.96 Å². The highest BCUT2D eigenvalue weighted by Crippen LogP contribution is 2.19. The van der Waals surface area contributed by atoms with Crippen molar-refractivity contribution in [2.75, 3.05) is 46.8 Å². The molecule has 27 heavy (non-hydrogen) atoms. The van der Waals surface area contributed by atoms with Crippen LogP contribution >= 0.6 is 0 Å². The normalized spacial score (nSPS) is 17.9. The first-order valence-electron chi connectivity index (χ1n) is 10.2. The molecule has 1 aliphatic heterocycles. The fourth-order valence-corrected chi connectivity index (χ4v) is 3.56. The summed E-state index contributed by atoms with van der Waals surface area (Å²) in [6, 6.07) is 7.32. The Morgan fingerprint density at radius 1 is 1.22 bits per heavy atom. The number of piperidine rings is 1. The van der Waals surface area contributed by atoms with E-state index in [0.717, 1.165) is 44.0 Å². The number of guanidine groups is 1. The summed E-state index contributed by atoms with van der Waals surface area (Å²) < 4.78 is 13.2. The lowest BCUT2D eigenvalue weighted by Crippen LogP contribution is -2.49. The monoisotopic (exact) mass is 377 g/mol. The molecule has 0 aliphatic carbocycles. The average molecular weight is 378 g/mol. The molecule has 2 N–H and O–H groups in total. The van der Waals surface area contributed by atoms with E-state index in [1.165, 1.54) is 25.1 Å². The molecular formula is C21H36FN5. The van der Waals surface area contributed by atoms with Gasteiger partial charge in [-0.1, -0.05) is 19.1 Å². The number of benzene rings is 1. The van der Waals surface area contributed by atoms with E-state index in [1.54, 1.807) is 0 Å². The summed E-state index contributed by atoms with van der Waals surface area (Å²) in [6.45, 7) is 9.30. The topological polar surface area (TPSA) is 42.9 Å². The van der Waals surface area contributed by atoms with E-state index in [0.29, 0.717) is 12.6 Å². The summed E-state index contributed by atoms with van der Waals surface area (Å²) >= 11 is 0. The van der Waals surface area contributed by atoms with E-state index < -0.39 is 0 Å². The van der Waals surface area contributed by atoms with Crippen molar-refractivity contribution in [2.24, 2.45) is 4.99 Å². The fourth-order valence-electron chi connectivity index (χ4n) is 3.56. The number of aliphatic imine (C=N–C) groups is 1. The van der Waals surface area contributed by atoms with Crippen LogP contribution in [-0.4, -0.2) is 68.6 Å². The zero-order chi connectivity index (χ0) is 19.6. The van der Waals surface area contributed by atoms with Gasteiger partial charge in [0, 0.05) is 25.7 Å². The Bertz CT molecular complexity index is 564. The highest BCUT2D eigenvalue weighted by Gasteiger charge is 2.20. The molecule has 6 heteroatoms. The van der Waals surface area contributed by atoms with Crippen molar-refractivity contribution < 1.29 is 4.39 Å². The largest absolute Gasteiger partial charge is 0.357 e. The molecule has 1 aliphatic rings. The quantitative estimate of drug-likeness (QED) is 0.540. The van der Waals surface area contributed by atoms with Crippen LogP contribution in [0.5, 0.6) is 0 Å². The van der Waals surface area contributed by atoms with Crippen LogP contribution in [0.2, 0.25) is 0 Å². The Hall–Kier alpha value is -1.66. The highest BCUT2D eigenvalue weighted by molar-refractivity contribution is 5.80. The van der Waals surface area contributed by atoms with E-state index in [9.17, 15) is 4.39 Å². The lowest BCUT2D eigenvalue weighted by molar-refractivity contribution is 0.206. The van der Waals surface area contributed by atoms with Crippen LogP contribution in [0, 0.1) is 5.82 Å². The molecule has 152 valence electrons. The Morgan fingerprint density at radius 2 is 1.89 bits per heavy atom. The number of rotatable bonds is 8. The van der Waals surface area contributed by atoms with Gasteiger partial charge >= 0.3 is 0 Å². The minimum atomic E-state index is -0.204. The number of hydrogen-bond acceptors (Lipinski definition) is 3. The number of halogens is 1. The number of nitrogens with zero attached hydrogens (tertiary/aromatic N) is 3. The first-order chi connectivity index (χ1) is 13.0. The molecule has 0 radical (unpaired) electrons. The van der Waals surface area contributed by atoms with Crippen molar-refractivity contribution in [3.05, 3.63) is 35.6 Å². The molecule has 0 bridgehead atoms. The van der Waals surface area contributed by atoms with E-state index >= 15 is 0 Å². The molecule has 0 aromatic heterocycles. The maximum absolute atomic E-state index is 13.2. The van der Waals surface area contributed by atoms with Crippen LogP contribution in [0.15, 0.2) is 29.3 Å². The van der Waals surface area contributed by atoms with E-state index in [2.05, 4.69) is 34.3 Å². The van der Waals surface area contributed by atoms with Crippen molar-refractivity contribution in [3.63, 3.8) is 0 Å². The highest BCUT2D eigenvalue weighted by atomic mass is 19.1. The molecule has 1 aromatic carbocycles. The van der Waals surface area contributed by atoms with Gasteiger partial charge in [0.1, 0.15) is 5.82 Å². The lowest BCUT2D eigenvalue weighted by atomic mass is 10.0. The van der Waals surface area contributed by atoms with Crippen molar-refractivity contribution >= 4 is 5.96 Å². The second-order valence-electron chi connectivity index (χ2n) is 7.51. The van der Waals surface area contributed by atoms with Gasteiger partial charge in [-0.2, -0.15) is 0 Å². The van der Waals surface area contributed by atoms with Gasteiger partial charge in [-0.3, -0.25) is 4.99 Å². The summed E-state index contributed by atoms with van der Waals surface area (Å²) in [4.78, 5) is 9.50. The van der Waals surface area contributed by atoms with Crippen LogP contribution in [0.1, 0.15) is 44.7 Å². The minimum absolute atomic E-state index is 0.118. The van der Waals surface area contributed by atoms with Gasteiger partial charge in [0.05, 0.1) is 12.6 Å². The lowest BCUT2D eigenvalue weighted by Gasteiger charge is -2.33. The summed E-state index contributed by atoms with van der Waals surface area (Å²) in [5, 5.41) is 6.98. The third kappa shape index (κ3) is 7.11. The van der Waals surface area contributed by atoms with Crippen LogP contribution in [0.3, 0.4) is 0 Å². The molecule has 5 nitrogen and oxygen atoms in total. The average Bonchev–Trinajstić information content (AvgIpc) is 2.65. The molecule has 0 amide bonds. The SMILES string of the molecule is CCCN1CCC(NC(=NCC(c2ccc(F)cc2)N(C)C)NCC)CC1. The van der Waals surface area contributed by atoms with Gasteiger partial charge in [-0.15, -0.1) is 0 Å². The molecule has 1 heterocycles. The Morgan fingerprint density at radius 3 is 2.44 bits per heavy atom. The van der Waals surface area contributed by atoms with Crippen molar-refractivity contribution in [1.29, 1.82) is 0 Å². The van der Waals surface area contributed by atoms with E-state index in [-0.39, 0.29) is 11.9 Å². The van der Waals surface area contributed by atoms with Crippen LogP contribution in [0.25, 0.3) is 0 Å². The molecule has 1 atom stereocenters. The first kappa shape index (κ1) is 21.6. The maximum Gasteiger partial charge on any atom is 0.191 e. The summed E-state index contributed by atoms with van der Waals surface area (Å²) in [5.74, 6) is 0.671. The summed E-state index contributed by atoms with van der Waals surface area (Å²) in [6.07, 6.45) is 3.52. The van der Waals surface area contributed by atoms with Gasteiger partial charge in [0.25, 0.3) is 0 Å². The van der Waals surface area contributed by atoms with Crippen molar-refractivity contribution in [3.8, 4) is 0 Å². The first-order valence-corrected chi connectivity index (χ1v) is 10.2. The van der Waals surface area contributed by atoms with E-state index in [1.807, 2.05) is 26.2 Å². The Labute approximate surface area is 164 Å². The molecule has 1 fully saturated rings. The molecule has 1 aromatic rings. The summed E-state index contributed by atoms with van der Waals surface area (Å²) in [5.41, 5.74) is 1.08. The standard InChI is InChI=1S/C21H36FN5/c1-5-13-27-14-11-19(12-15-27)25-21(23-6-2)24-16-20(26(3)4)17-7-9-18(22)10-8-17/h7-10,19-20H,5-6,11-16H2,1-4H3,(H2,23,24,25). The molecule has 1 saturated heterocycles. The van der Waals surface area contributed by atoms with E-state index in [4.69, 9.17) is 4.99 Å². The number of hydrogen-bond donors (Lipinski definition) is 2. The second kappa shape index (κ2) is 11.2. The molecule has 0 saturated carbocycles. The third-order valence-electron chi connectivity index (χ3n) is 5.11. The predicted molar refractivity (Wildman–Crippen MR) is 112 cm³/mol. The Kier molecular flexibility index (Phi) is 9.01. The number of likely N-dealkylation sites (N-methyl/N-ethyl adjacent to an activating group) is 1. The molecule has 0 spiro atoms. The fraction of sp³-hybridized carbons (Fsp3) is 0.667. The van der Waals surface area contributed by atoms with Gasteiger partial charge in [0.2, 0.25) is 0 Å². The molecule has 2 rings (SSSR count). The van der Waals surface area contributed by atoms with Gasteiger partial charge in [-0.25, -0.2) is 4.39 Å². The number of likely N-dealkylation sites (tertiary alicyclic amines) is 1. The zero-order valence-electron chi connectivity index (χ0n) is 17.3. The van der Waals surface area contributed by atoms with Gasteiger partial charge < -0.3 is 20.4 Å². The molecular weight excluding hydrogens is 341 g/mol. The third-order valence-corrected chi connectivity index (χ3v) is 5.11. The van der Waals surface area contributed by atoms with Crippen LogP contribution in [0.4, 0.5) is 4.39 Å². The minimum Gasteiger partial charge on any atom is -0.357 e. The number of nitrogens with one attached hydrogen (secondary N) is 2.